The highest BCUT2D eigenvalue weighted by atomic mass is 14.1. The monoisotopic (exact) mass is 206 g/mol. The van der Waals surface area contributed by atoms with Crippen LogP contribution in [0.15, 0.2) is 18.2 Å². The zero-order chi connectivity index (χ0) is 11.8. The molecule has 86 valence electrons. The number of benzene rings is 1. The fourth-order valence-electron chi connectivity index (χ4n) is 1.51. The van der Waals surface area contributed by atoms with Gasteiger partial charge >= 0.3 is 0 Å². The van der Waals surface area contributed by atoms with Gasteiger partial charge < -0.3 is 0 Å². The maximum atomic E-state index is 2.26. The summed E-state index contributed by atoms with van der Waals surface area (Å²) in [5, 5.41) is 0. The summed E-state index contributed by atoms with van der Waals surface area (Å²) in [6.45, 7) is 13.1. The Bertz CT molecular complexity index is 271. The lowest BCUT2D eigenvalue weighted by Crippen LogP contribution is -1.96. The van der Waals surface area contributed by atoms with Crippen molar-refractivity contribution in [1.82, 2.24) is 0 Å². The first-order valence-corrected chi connectivity index (χ1v) is 6.07. The Kier molecular flexibility index (Phi) is 7.11. The molecule has 0 heterocycles. The second-order valence-corrected chi connectivity index (χ2v) is 4.74. The smallest absolute Gasteiger partial charge is 0.0253 e. The molecule has 0 nitrogen and oxygen atoms in total. The SMILES string of the molecule is CCC.Cc1ccc(CC(C)C)c(C)c1. The van der Waals surface area contributed by atoms with E-state index in [2.05, 4.69) is 59.7 Å². The van der Waals surface area contributed by atoms with Crippen LogP contribution in [0.5, 0.6) is 0 Å². The van der Waals surface area contributed by atoms with E-state index in [9.17, 15) is 0 Å². The van der Waals surface area contributed by atoms with Gasteiger partial charge in [0, 0.05) is 0 Å². The molecule has 0 amide bonds. The molecule has 0 fully saturated rings. The van der Waals surface area contributed by atoms with Gasteiger partial charge in [0.25, 0.3) is 0 Å². The molecule has 0 atom stereocenters. The number of aryl methyl sites for hydroxylation is 2. The van der Waals surface area contributed by atoms with Crippen molar-refractivity contribution in [3.05, 3.63) is 34.9 Å². The zero-order valence-electron chi connectivity index (χ0n) is 11.2. The largest absolute Gasteiger partial charge is 0.0656 e. The van der Waals surface area contributed by atoms with Crippen molar-refractivity contribution < 1.29 is 0 Å². The first-order valence-electron chi connectivity index (χ1n) is 6.07. The van der Waals surface area contributed by atoms with Crippen LogP contribution in [-0.4, -0.2) is 0 Å². The normalized spacial score (nSPS) is 9.80. The standard InChI is InChI=1S/C12H18.C3H8/c1-9(2)7-12-6-5-10(3)8-11(12)4;1-3-2/h5-6,8-9H,7H2,1-4H3;3H2,1-2H3. The molecular weight excluding hydrogens is 180 g/mol. The third-order valence-corrected chi connectivity index (χ3v) is 2.13. The minimum atomic E-state index is 0.756. The molecule has 0 spiro atoms. The maximum absolute atomic E-state index is 2.26. The highest BCUT2D eigenvalue weighted by Gasteiger charge is 2.00. The van der Waals surface area contributed by atoms with Crippen LogP contribution in [0, 0.1) is 19.8 Å². The predicted molar refractivity (Wildman–Crippen MR) is 70.4 cm³/mol. The van der Waals surface area contributed by atoms with Crippen LogP contribution in [0.4, 0.5) is 0 Å². The van der Waals surface area contributed by atoms with Gasteiger partial charge in [-0.1, -0.05) is 57.9 Å². The molecular formula is C15H26. The molecule has 1 aromatic carbocycles. The van der Waals surface area contributed by atoms with E-state index in [1.54, 1.807) is 0 Å². The number of hydrogen-bond acceptors (Lipinski definition) is 0. The summed E-state index contributed by atoms with van der Waals surface area (Å²) in [6.07, 6.45) is 2.45. The van der Waals surface area contributed by atoms with E-state index in [4.69, 9.17) is 0 Å². The molecule has 0 radical (unpaired) electrons. The molecule has 0 aliphatic rings. The summed E-state index contributed by atoms with van der Waals surface area (Å²) in [7, 11) is 0. The molecule has 0 unspecified atom stereocenters. The van der Waals surface area contributed by atoms with Crippen LogP contribution < -0.4 is 0 Å². The molecule has 1 aromatic rings. The third kappa shape index (κ3) is 6.33. The molecule has 0 aliphatic heterocycles. The Hall–Kier alpha value is -0.780. The molecule has 0 heteroatoms. The summed E-state index contributed by atoms with van der Waals surface area (Å²) in [5.41, 5.74) is 4.29. The van der Waals surface area contributed by atoms with Crippen molar-refractivity contribution >= 4 is 0 Å². The topological polar surface area (TPSA) is 0 Å². The van der Waals surface area contributed by atoms with Crippen LogP contribution in [0.2, 0.25) is 0 Å². The zero-order valence-corrected chi connectivity index (χ0v) is 11.2. The second kappa shape index (κ2) is 7.50. The minimum Gasteiger partial charge on any atom is -0.0656 e. The fraction of sp³-hybridized carbons (Fsp3) is 0.600. The molecule has 0 bridgehead atoms. The first kappa shape index (κ1) is 14.2. The molecule has 0 N–H and O–H groups in total. The lowest BCUT2D eigenvalue weighted by atomic mass is 9.97. The van der Waals surface area contributed by atoms with Gasteiger partial charge in [0.1, 0.15) is 0 Å². The highest BCUT2D eigenvalue weighted by molar-refractivity contribution is 5.30. The summed E-state index contributed by atoms with van der Waals surface area (Å²) in [4.78, 5) is 0. The lowest BCUT2D eigenvalue weighted by Gasteiger charge is -2.08. The average molecular weight is 206 g/mol. The summed E-state index contributed by atoms with van der Waals surface area (Å²) in [5.74, 6) is 0.756. The van der Waals surface area contributed by atoms with Gasteiger partial charge in [-0.15, -0.1) is 0 Å². The molecule has 0 aromatic heterocycles. The van der Waals surface area contributed by atoms with Gasteiger partial charge in [0.2, 0.25) is 0 Å². The summed E-state index contributed by atoms with van der Waals surface area (Å²) in [6, 6.07) is 6.72. The predicted octanol–water partition coefficient (Wildman–Crippen LogP) is 4.92. The van der Waals surface area contributed by atoms with E-state index in [1.807, 2.05) is 0 Å². The van der Waals surface area contributed by atoms with E-state index < -0.39 is 0 Å². The summed E-state index contributed by atoms with van der Waals surface area (Å²) < 4.78 is 0. The maximum Gasteiger partial charge on any atom is -0.0253 e. The third-order valence-electron chi connectivity index (χ3n) is 2.13. The van der Waals surface area contributed by atoms with Gasteiger partial charge in [-0.2, -0.15) is 0 Å². The molecule has 15 heavy (non-hydrogen) atoms. The van der Waals surface area contributed by atoms with Crippen molar-refractivity contribution in [2.45, 2.75) is 54.4 Å². The van der Waals surface area contributed by atoms with Crippen LogP contribution in [0.3, 0.4) is 0 Å². The Morgan fingerprint density at radius 2 is 1.60 bits per heavy atom. The Balaban J connectivity index is 0.000000583. The van der Waals surface area contributed by atoms with Crippen molar-refractivity contribution in [3.8, 4) is 0 Å². The molecule has 1 rings (SSSR count). The lowest BCUT2D eigenvalue weighted by molar-refractivity contribution is 0.645. The van der Waals surface area contributed by atoms with Gasteiger partial charge in [-0.25, -0.2) is 0 Å². The molecule has 0 saturated carbocycles. The van der Waals surface area contributed by atoms with E-state index in [0.717, 1.165) is 5.92 Å². The van der Waals surface area contributed by atoms with Crippen molar-refractivity contribution in [1.29, 1.82) is 0 Å². The van der Waals surface area contributed by atoms with Crippen LogP contribution in [0.1, 0.15) is 50.8 Å². The van der Waals surface area contributed by atoms with E-state index in [0.29, 0.717) is 0 Å². The molecule has 0 saturated heterocycles. The van der Waals surface area contributed by atoms with Crippen LogP contribution in [0.25, 0.3) is 0 Å². The minimum absolute atomic E-state index is 0.756. The van der Waals surface area contributed by atoms with E-state index in [1.165, 1.54) is 29.5 Å². The van der Waals surface area contributed by atoms with E-state index in [-0.39, 0.29) is 0 Å². The summed E-state index contributed by atoms with van der Waals surface area (Å²) >= 11 is 0. The van der Waals surface area contributed by atoms with E-state index >= 15 is 0 Å². The number of hydrogen-bond donors (Lipinski definition) is 0. The van der Waals surface area contributed by atoms with Gasteiger partial charge in [0.15, 0.2) is 0 Å². The highest BCUT2D eigenvalue weighted by Crippen LogP contribution is 2.14. The fourth-order valence-corrected chi connectivity index (χ4v) is 1.51. The quantitative estimate of drug-likeness (QED) is 0.644. The van der Waals surface area contributed by atoms with Gasteiger partial charge in [-0.05, 0) is 37.3 Å². The van der Waals surface area contributed by atoms with Gasteiger partial charge in [0.05, 0.1) is 0 Å². The van der Waals surface area contributed by atoms with Gasteiger partial charge in [-0.3, -0.25) is 0 Å². The Morgan fingerprint density at radius 1 is 1.07 bits per heavy atom. The van der Waals surface area contributed by atoms with Crippen molar-refractivity contribution in [2.24, 2.45) is 5.92 Å². The second-order valence-electron chi connectivity index (χ2n) is 4.74. The van der Waals surface area contributed by atoms with Crippen LogP contribution in [-0.2, 0) is 6.42 Å². The van der Waals surface area contributed by atoms with Crippen LogP contribution >= 0.6 is 0 Å². The Morgan fingerprint density at radius 3 is 2.00 bits per heavy atom. The first-order chi connectivity index (χ1) is 7.01. The Labute approximate surface area is 95.7 Å². The average Bonchev–Trinajstić information content (AvgIpc) is 2.11. The van der Waals surface area contributed by atoms with Crippen molar-refractivity contribution in [3.63, 3.8) is 0 Å². The molecule has 0 aliphatic carbocycles. The van der Waals surface area contributed by atoms with Crippen molar-refractivity contribution in [2.75, 3.05) is 0 Å². The number of rotatable bonds is 2.